The van der Waals surface area contributed by atoms with Gasteiger partial charge in [0.15, 0.2) is 0 Å². The third-order valence-electron chi connectivity index (χ3n) is 3.65. The maximum Gasteiger partial charge on any atom is 0.267 e. The van der Waals surface area contributed by atoms with Gasteiger partial charge in [-0.3, -0.25) is 9.78 Å². The molecule has 122 valence electrons. The van der Waals surface area contributed by atoms with E-state index in [0.717, 1.165) is 29.7 Å². The molecule has 0 radical (unpaired) electrons. The number of benzene rings is 1. The second kappa shape index (κ2) is 8.49. The third kappa shape index (κ3) is 4.20. The van der Waals surface area contributed by atoms with Crippen LogP contribution < -0.4 is 10.6 Å². The van der Waals surface area contributed by atoms with Gasteiger partial charge in [-0.25, -0.2) is 0 Å². The Bertz CT molecular complexity index is 753. The summed E-state index contributed by atoms with van der Waals surface area (Å²) in [5.74, 6) is -0.426. The number of aromatic nitrogens is 1. The fraction of sp³-hybridized carbons (Fsp3) is 0.211. The molecule has 0 saturated heterocycles. The number of pyridine rings is 1. The largest absolute Gasteiger partial charge is 0.359 e. The average Bonchev–Trinajstić information content (AvgIpc) is 2.63. The van der Waals surface area contributed by atoms with Crippen LogP contribution in [0.25, 0.3) is 0 Å². The molecule has 1 heterocycles. The molecular formula is C19H20N4O. The lowest BCUT2D eigenvalue weighted by Gasteiger charge is -2.14. The Morgan fingerprint density at radius 3 is 2.46 bits per heavy atom. The molecule has 0 aliphatic rings. The number of rotatable bonds is 6. The van der Waals surface area contributed by atoms with Crippen LogP contribution in [-0.2, 0) is 17.6 Å². The van der Waals surface area contributed by atoms with Crippen LogP contribution in [-0.4, -0.2) is 10.9 Å². The van der Waals surface area contributed by atoms with E-state index in [9.17, 15) is 10.1 Å². The van der Waals surface area contributed by atoms with Gasteiger partial charge in [0.2, 0.25) is 0 Å². The summed E-state index contributed by atoms with van der Waals surface area (Å²) in [4.78, 5) is 16.4. The molecule has 1 aromatic heterocycles. The molecule has 0 fully saturated rings. The van der Waals surface area contributed by atoms with E-state index >= 15 is 0 Å². The number of carbonyl (C=O) groups is 1. The number of aryl methyl sites for hydroxylation is 2. The van der Waals surface area contributed by atoms with Crippen LogP contribution in [0.1, 0.15) is 25.0 Å². The van der Waals surface area contributed by atoms with Gasteiger partial charge < -0.3 is 10.6 Å². The summed E-state index contributed by atoms with van der Waals surface area (Å²) in [5.41, 5.74) is 3.63. The number of amides is 1. The molecule has 0 spiro atoms. The molecule has 24 heavy (non-hydrogen) atoms. The van der Waals surface area contributed by atoms with Crippen molar-refractivity contribution < 1.29 is 4.79 Å². The van der Waals surface area contributed by atoms with E-state index in [1.807, 2.05) is 38.1 Å². The standard InChI is InChI=1S/C19H20N4O/c1-3-14-7-5-8-15(4-2)18(14)23-19(24)16(11-20)12-22-17-9-6-10-21-13-17/h5-10,12-13,22H,3-4H2,1-2H3,(H,23,24)/b16-12-. The van der Waals surface area contributed by atoms with Crippen molar-refractivity contribution in [2.45, 2.75) is 26.7 Å². The Morgan fingerprint density at radius 1 is 1.21 bits per heavy atom. The monoisotopic (exact) mass is 320 g/mol. The Kier molecular flexibility index (Phi) is 6.09. The number of para-hydroxylation sites is 1. The smallest absolute Gasteiger partial charge is 0.267 e. The molecular weight excluding hydrogens is 300 g/mol. The van der Waals surface area contributed by atoms with Crippen molar-refractivity contribution in [2.24, 2.45) is 0 Å². The number of nitrogens with zero attached hydrogens (tertiary/aromatic N) is 2. The predicted molar refractivity (Wildman–Crippen MR) is 95.4 cm³/mol. The molecule has 0 atom stereocenters. The number of nitriles is 1. The maximum absolute atomic E-state index is 12.4. The van der Waals surface area contributed by atoms with Gasteiger partial charge in [0, 0.05) is 18.1 Å². The summed E-state index contributed by atoms with van der Waals surface area (Å²) in [6, 6.07) is 11.5. The number of hydrogen-bond acceptors (Lipinski definition) is 4. The van der Waals surface area contributed by atoms with E-state index in [2.05, 4.69) is 15.6 Å². The highest BCUT2D eigenvalue weighted by Crippen LogP contribution is 2.23. The third-order valence-corrected chi connectivity index (χ3v) is 3.65. The van der Waals surface area contributed by atoms with Crippen molar-refractivity contribution in [1.82, 2.24) is 4.98 Å². The highest BCUT2D eigenvalue weighted by Gasteiger charge is 2.13. The normalized spacial score (nSPS) is 10.8. The van der Waals surface area contributed by atoms with Gasteiger partial charge in [-0.2, -0.15) is 5.26 Å². The van der Waals surface area contributed by atoms with E-state index in [0.29, 0.717) is 5.69 Å². The fourth-order valence-corrected chi connectivity index (χ4v) is 2.34. The highest BCUT2D eigenvalue weighted by molar-refractivity contribution is 6.07. The number of hydrogen-bond donors (Lipinski definition) is 2. The number of nitrogens with one attached hydrogen (secondary N) is 2. The Morgan fingerprint density at radius 2 is 1.92 bits per heavy atom. The van der Waals surface area contributed by atoms with Crippen LogP contribution in [0.3, 0.4) is 0 Å². The first-order valence-corrected chi connectivity index (χ1v) is 7.88. The molecule has 5 nitrogen and oxygen atoms in total. The lowest BCUT2D eigenvalue weighted by atomic mass is 10.0. The second-order valence-corrected chi connectivity index (χ2v) is 5.17. The SMILES string of the molecule is CCc1cccc(CC)c1NC(=O)/C(C#N)=C\Nc1cccnc1. The molecule has 0 aliphatic carbocycles. The van der Waals surface area contributed by atoms with Crippen LogP contribution in [0.4, 0.5) is 11.4 Å². The van der Waals surface area contributed by atoms with E-state index in [4.69, 9.17) is 0 Å². The zero-order chi connectivity index (χ0) is 17.4. The van der Waals surface area contributed by atoms with Crippen LogP contribution in [0.5, 0.6) is 0 Å². The molecule has 1 amide bonds. The minimum atomic E-state index is -0.426. The first-order valence-electron chi connectivity index (χ1n) is 7.88. The molecule has 2 N–H and O–H groups in total. The van der Waals surface area contributed by atoms with Gasteiger partial charge in [-0.1, -0.05) is 32.0 Å². The minimum absolute atomic E-state index is 0.00631. The van der Waals surface area contributed by atoms with Crippen LogP contribution >= 0.6 is 0 Å². The molecule has 0 saturated carbocycles. The van der Waals surface area contributed by atoms with Gasteiger partial charge in [-0.05, 0) is 36.1 Å². The molecule has 2 rings (SSSR count). The minimum Gasteiger partial charge on any atom is -0.359 e. The lowest BCUT2D eigenvalue weighted by Crippen LogP contribution is -2.17. The maximum atomic E-state index is 12.4. The highest BCUT2D eigenvalue weighted by atomic mass is 16.1. The van der Waals surface area contributed by atoms with Crippen molar-refractivity contribution in [3.8, 4) is 6.07 Å². The van der Waals surface area contributed by atoms with E-state index in [-0.39, 0.29) is 5.57 Å². The summed E-state index contributed by atoms with van der Waals surface area (Å²) < 4.78 is 0. The van der Waals surface area contributed by atoms with Crippen LogP contribution in [0.2, 0.25) is 0 Å². The molecule has 2 aromatic rings. The Hall–Kier alpha value is -3.13. The zero-order valence-corrected chi connectivity index (χ0v) is 13.8. The van der Waals surface area contributed by atoms with Gasteiger partial charge >= 0.3 is 0 Å². The molecule has 0 aliphatic heterocycles. The second-order valence-electron chi connectivity index (χ2n) is 5.17. The summed E-state index contributed by atoms with van der Waals surface area (Å²) >= 11 is 0. The summed E-state index contributed by atoms with van der Waals surface area (Å²) in [6.07, 6.45) is 6.28. The van der Waals surface area contributed by atoms with E-state index in [1.165, 1.54) is 6.20 Å². The van der Waals surface area contributed by atoms with Crippen molar-refractivity contribution in [3.63, 3.8) is 0 Å². The Balaban J connectivity index is 2.20. The van der Waals surface area contributed by atoms with Gasteiger partial charge in [-0.15, -0.1) is 0 Å². The number of carbonyl (C=O) groups excluding carboxylic acids is 1. The first kappa shape index (κ1) is 17.2. The van der Waals surface area contributed by atoms with Crippen molar-refractivity contribution in [2.75, 3.05) is 10.6 Å². The van der Waals surface area contributed by atoms with Gasteiger partial charge in [0.25, 0.3) is 5.91 Å². The van der Waals surface area contributed by atoms with Crippen molar-refractivity contribution in [3.05, 3.63) is 65.6 Å². The summed E-state index contributed by atoms with van der Waals surface area (Å²) in [6.45, 7) is 4.07. The molecule has 0 unspecified atom stereocenters. The predicted octanol–water partition coefficient (Wildman–Crippen LogP) is 3.66. The van der Waals surface area contributed by atoms with Crippen LogP contribution in [0.15, 0.2) is 54.5 Å². The quantitative estimate of drug-likeness (QED) is 0.629. The first-order chi connectivity index (χ1) is 11.7. The Labute approximate surface area is 142 Å². The zero-order valence-electron chi connectivity index (χ0n) is 13.8. The number of anilines is 2. The molecule has 1 aromatic carbocycles. The van der Waals surface area contributed by atoms with Crippen molar-refractivity contribution in [1.29, 1.82) is 5.26 Å². The van der Waals surface area contributed by atoms with E-state index < -0.39 is 5.91 Å². The summed E-state index contributed by atoms with van der Waals surface area (Å²) in [5, 5.41) is 15.1. The van der Waals surface area contributed by atoms with Gasteiger partial charge in [0.05, 0.1) is 11.9 Å². The van der Waals surface area contributed by atoms with Gasteiger partial charge in [0.1, 0.15) is 11.6 Å². The fourth-order valence-electron chi connectivity index (χ4n) is 2.34. The average molecular weight is 320 g/mol. The molecule has 5 heteroatoms. The van der Waals surface area contributed by atoms with E-state index in [1.54, 1.807) is 24.5 Å². The van der Waals surface area contributed by atoms with Crippen LogP contribution in [0, 0.1) is 11.3 Å². The van der Waals surface area contributed by atoms with Crippen molar-refractivity contribution >= 4 is 17.3 Å². The molecule has 0 bridgehead atoms. The topological polar surface area (TPSA) is 77.8 Å². The summed E-state index contributed by atoms with van der Waals surface area (Å²) in [7, 11) is 0. The lowest BCUT2D eigenvalue weighted by molar-refractivity contribution is -0.112.